The van der Waals surface area contributed by atoms with Crippen molar-refractivity contribution in [3.63, 3.8) is 0 Å². The fraction of sp³-hybridized carbons (Fsp3) is 0.417. The van der Waals surface area contributed by atoms with Gasteiger partial charge in [0, 0.05) is 12.3 Å². The van der Waals surface area contributed by atoms with E-state index in [1.165, 1.54) is 59.9 Å². The predicted molar refractivity (Wildman–Crippen MR) is 127 cm³/mol. The van der Waals surface area contributed by atoms with Crippen molar-refractivity contribution in [1.29, 1.82) is 0 Å². The molecular formula is C24H32N4S. The number of benzene rings is 2. The summed E-state index contributed by atoms with van der Waals surface area (Å²) in [4.78, 5) is 2.56. The first-order valence-electron chi connectivity index (χ1n) is 10.4. The lowest BCUT2D eigenvalue weighted by molar-refractivity contribution is 0.185. The first-order chi connectivity index (χ1) is 14.0. The van der Waals surface area contributed by atoms with E-state index in [2.05, 4.69) is 60.1 Å². The maximum absolute atomic E-state index is 6.01. The Hall–Kier alpha value is -2.11. The number of aryl methyl sites for hydroxylation is 2. The van der Waals surface area contributed by atoms with Crippen molar-refractivity contribution in [3.8, 4) is 0 Å². The maximum atomic E-state index is 6.01. The van der Waals surface area contributed by atoms with Crippen LogP contribution in [0.1, 0.15) is 47.6 Å². The second-order valence-electron chi connectivity index (χ2n) is 8.05. The molecule has 1 aliphatic rings. The third-order valence-electron chi connectivity index (χ3n) is 5.58. The quantitative estimate of drug-likeness (QED) is 0.410. The molecule has 29 heavy (non-hydrogen) atoms. The van der Waals surface area contributed by atoms with E-state index < -0.39 is 0 Å². The van der Waals surface area contributed by atoms with Gasteiger partial charge in [-0.2, -0.15) is 5.10 Å². The SMILES string of the molecule is Cc1cc(C)c(CN2CCC(C)CC2)cc1C=NN=C(N)SCc1ccccc1. The van der Waals surface area contributed by atoms with E-state index in [1.807, 2.05) is 24.4 Å². The minimum atomic E-state index is 0.484. The lowest BCUT2D eigenvalue weighted by Crippen LogP contribution is -2.32. The van der Waals surface area contributed by atoms with Crippen LogP contribution < -0.4 is 5.73 Å². The van der Waals surface area contributed by atoms with Gasteiger partial charge >= 0.3 is 0 Å². The van der Waals surface area contributed by atoms with Crippen LogP contribution in [0.3, 0.4) is 0 Å². The Morgan fingerprint density at radius 2 is 1.86 bits per heavy atom. The standard InChI is InChI=1S/C24H32N4S/c1-18-9-11-28(12-10-18)16-23-14-22(19(2)13-20(23)3)15-26-27-24(25)29-17-21-7-5-4-6-8-21/h4-8,13-15,18H,9-12,16-17H2,1-3H3,(H2,25,27). The van der Waals surface area contributed by atoms with Crippen LogP contribution in [0, 0.1) is 19.8 Å². The Morgan fingerprint density at radius 3 is 2.59 bits per heavy atom. The van der Waals surface area contributed by atoms with Crippen LogP contribution in [0.4, 0.5) is 0 Å². The van der Waals surface area contributed by atoms with Crippen LogP contribution in [-0.2, 0) is 12.3 Å². The van der Waals surface area contributed by atoms with E-state index in [0.29, 0.717) is 5.17 Å². The third-order valence-corrected chi connectivity index (χ3v) is 6.43. The van der Waals surface area contributed by atoms with Crippen molar-refractivity contribution < 1.29 is 0 Å². The molecule has 0 saturated carbocycles. The Morgan fingerprint density at radius 1 is 1.14 bits per heavy atom. The van der Waals surface area contributed by atoms with Crippen LogP contribution in [0.5, 0.6) is 0 Å². The first kappa shape index (κ1) is 21.6. The molecule has 0 spiro atoms. The lowest BCUT2D eigenvalue weighted by Gasteiger charge is -2.30. The highest BCUT2D eigenvalue weighted by atomic mass is 32.2. The summed E-state index contributed by atoms with van der Waals surface area (Å²) in [6.45, 7) is 10.1. The molecule has 1 aliphatic heterocycles. The molecule has 0 aromatic heterocycles. The van der Waals surface area contributed by atoms with Gasteiger partial charge in [-0.05, 0) is 79.6 Å². The van der Waals surface area contributed by atoms with Gasteiger partial charge in [0.1, 0.15) is 0 Å². The average Bonchev–Trinajstić information content (AvgIpc) is 2.72. The number of likely N-dealkylation sites (tertiary alicyclic amines) is 1. The summed E-state index contributed by atoms with van der Waals surface area (Å²) in [6.07, 6.45) is 4.42. The predicted octanol–water partition coefficient (Wildman–Crippen LogP) is 5.12. The average molecular weight is 409 g/mol. The molecule has 1 saturated heterocycles. The number of rotatable bonds is 6. The molecule has 0 bridgehead atoms. The summed E-state index contributed by atoms with van der Waals surface area (Å²) in [5.41, 5.74) is 12.3. The van der Waals surface area contributed by atoms with Crippen molar-refractivity contribution in [2.45, 2.75) is 45.9 Å². The van der Waals surface area contributed by atoms with E-state index in [1.54, 1.807) is 0 Å². The molecule has 0 unspecified atom stereocenters. The highest BCUT2D eigenvalue weighted by molar-refractivity contribution is 8.13. The summed E-state index contributed by atoms with van der Waals surface area (Å²) < 4.78 is 0. The number of thioether (sulfide) groups is 1. The minimum absolute atomic E-state index is 0.484. The fourth-order valence-corrected chi connectivity index (χ4v) is 4.21. The topological polar surface area (TPSA) is 54.0 Å². The zero-order chi connectivity index (χ0) is 20.6. The molecule has 154 valence electrons. The highest BCUT2D eigenvalue weighted by Gasteiger charge is 2.16. The molecular weight excluding hydrogens is 376 g/mol. The largest absolute Gasteiger partial charge is 0.377 e. The smallest absolute Gasteiger partial charge is 0.180 e. The number of hydrogen-bond donors (Lipinski definition) is 1. The second kappa shape index (κ2) is 10.6. The summed E-state index contributed by atoms with van der Waals surface area (Å²) >= 11 is 1.51. The van der Waals surface area contributed by atoms with E-state index in [4.69, 9.17) is 5.73 Å². The monoisotopic (exact) mass is 408 g/mol. The van der Waals surface area contributed by atoms with Crippen molar-refractivity contribution in [1.82, 2.24) is 4.90 Å². The molecule has 0 atom stereocenters. The molecule has 2 aromatic rings. The summed E-state index contributed by atoms with van der Waals surface area (Å²) in [5.74, 6) is 1.66. The first-order valence-corrected chi connectivity index (χ1v) is 11.4. The van der Waals surface area contributed by atoms with Gasteiger partial charge < -0.3 is 5.73 Å². The molecule has 3 rings (SSSR count). The Kier molecular flexibility index (Phi) is 7.90. The fourth-order valence-electron chi connectivity index (χ4n) is 3.60. The van der Waals surface area contributed by atoms with Gasteiger partial charge in [-0.15, -0.1) is 5.10 Å². The van der Waals surface area contributed by atoms with Crippen molar-refractivity contribution in [2.24, 2.45) is 21.9 Å². The third kappa shape index (κ3) is 6.72. The Balaban J connectivity index is 1.61. The van der Waals surface area contributed by atoms with Gasteiger partial charge in [0.05, 0.1) is 6.21 Å². The van der Waals surface area contributed by atoms with E-state index in [0.717, 1.165) is 23.8 Å². The molecule has 0 aliphatic carbocycles. The normalized spacial score (nSPS) is 16.6. The maximum Gasteiger partial charge on any atom is 0.180 e. The van der Waals surface area contributed by atoms with Gasteiger partial charge in [-0.1, -0.05) is 55.1 Å². The summed E-state index contributed by atoms with van der Waals surface area (Å²) in [7, 11) is 0. The van der Waals surface area contributed by atoms with E-state index >= 15 is 0 Å². The molecule has 4 nitrogen and oxygen atoms in total. The van der Waals surface area contributed by atoms with Crippen LogP contribution in [0.15, 0.2) is 52.7 Å². The number of nitrogens with two attached hydrogens (primary N) is 1. The highest BCUT2D eigenvalue weighted by Crippen LogP contribution is 2.21. The van der Waals surface area contributed by atoms with Crippen molar-refractivity contribution in [2.75, 3.05) is 13.1 Å². The van der Waals surface area contributed by atoms with Crippen LogP contribution in [0.2, 0.25) is 0 Å². The van der Waals surface area contributed by atoms with Crippen LogP contribution in [0.25, 0.3) is 0 Å². The zero-order valence-corrected chi connectivity index (χ0v) is 18.6. The second-order valence-corrected chi connectivity index (χ2v) is 9.05. The Labute approximate surface area is 179 Å². The number of nitrogens with zero attached hydrogens (tertiary/aromatic N) is 3. The van der Waals surface area contributed by atoms with E-state index in [-0.39, 0.29) is 0 Å². The molecule has 2 N–H and O–H groups in total. The number of piperidine rings is 1. The molecule has 1 heterocycles. The van der Waals surface area contributed by atoms with Crippen molar-refractivity contribution >= 4 is 23.1 Å². The molecule has 2 aromatic carbocycles. The summed E-state index contributed by atoms with van der Waals surface area (Å²) in [6, 6.07) is 14.8. The van der Waals surface area contributed by atoms with E-state index in [9.17, 15) is 0 Å². The van der Waals surface area contributed by atoms with Crippen molar-refractivity contribution in [3.05, 3.63) is 70.3 Å². The molecule has 1 fully saturated rings. The molecule has 0 amide bonds. The van der Waals surface area contributed by atoms with Crippen LogP contribution in [-0.4, -0.2) is 29.4 Å². The Bertz CT molecular complexity index is 853. The lowest BCUT2D eigenvalue weighted by atomic mass is 9.96. The van der Waals surface area contributed by atoms with Gasteiger partial charge in [-0.3, -0.25) is 4.90 Å². The zero-order valence-electron chi connectivity index (χ0n) is 17.8. The molecule has 5 heteroatoms. The molecule has 0 radical (unpaired) electrons. The minimum Gasteiger partial charge on any atom is -0.377 e. The van der Waals surface area contributed by atoms with Gasteiger partial charge in [0.15, 0.2) is 5.17 Å². The van der Waals surface area contributed by atoms with Crippen LogP contribution >= 0.6 is 11.8 Å². The van der Waals surface area contributed by atoms with Gasteiger partial charge in [0.2, 0.25) is 0 Å². The van der Waals surface area contributed by atoms with Gasteiger partial charge in [0.25, 0.3) is 0 Å². The number of hydrogen-bond acceptors (Lipinski definition) is 4. The van der Waals surface area contributed by atoms with Gasteiger partial charge in [-0.25, -0.2) is 0 Å². The number of amidine groups is 1. The summed E-state index contributed by atoms with van der Waals surface area (Å²) in [5, 5.41) is 8.90.